The monoisotopic (exact) mass is 246 g/mol. The highest BCUT2D eigenvalue weighted by Crippen LogP contribution is 2.15. The first-order chi connectivity index (χ1) is 8.57. The molecule has 2 N–H and O–H groups in total. The highest BCUT2D eigenvalue weighted by Gasteiger charge is 2.29. The first-order valence-corrected chi connectivity index (χ1v) is 6.63. The molecular weight excluding hydrogens is 224 g/mol. The molecule has 1 fully saturated rings. The number of amides is 1. The van der Waals surface area contributed by atoms with Crippen molar-refractivity contribution in [2.75, 3.05) is 13.1 Å². The fourth-order valence-electron chi connectivity index (χ4n) is 2.07. The zero-order chi connectivity index (χ0) is 13.0. The third-order valence-electron chi connectivity index (χ3n) is 3.50. The van der Waals surface area contributed by atoms with Gasteiger partial charge in [0, 0.05) is 18.6 Å². The molecule has 1 heterocycles. The van der Waals surface area contributed by atoms with E-state index in [1.54, 1.807) is 0 Å². The molecule has 0 bridgehead atoms. The molecule has 1 amide bonds. The summed E-state index contributed by atoms with van der Waals surface area (Å²) in [4.78, 5) is 11.9. The smallest absolute Gasteiger partial charge is 0.226 e. The van der Waals surface area contributed by atoms with Gasteiger partial charge in [0.2, 0.25) is 5.91 Å². The number of benzene rings is 1. The third kappa shape index (κ3) is 3.57. The molecule has 0 spiro atoms. The molecule has 18 heavy (non-hydrogen) atoms. The summed E-state index contributed by atoms with van der Waals surface area (Å²) in [6.07, 6.45) is 1.96. The van der Waals surface area contributed by atoms with Crippen LogP contribution in [-0.4, -0.2) is 24.5 Å². The maximum atomic E-state index is 11.9. The fraction of sp³-hybridized carbons (Fsp3) is 0.533. The van der Waals surface area contributed by atoms with Gasteiger partial charge in [0.15, 0.2) is 0 Å². The first-order valence-electron chi connectivity index (χ1n) is 6.63. The van der Waals surface area contributed by atoms with Gasteiger partial charge in [0.05, 0.1) is 5.92 Å². The summed E-state index contributed by atoms with van der Waals surface area (Å²) >= 11 is 0. The standard InChI is InChI=1S/C15H22N2O/c1-15(2,17-14(18)13-10-16-11-13)9-8-12-6-4-3-5-7-12/h3-7,13,16H,8-11H2,1-2H3,(H,17,18). The van der Waals surface area contributed by atoms with Crippen LogP contribution in [0.5, 0.6) is 0 Å². The van der Waals surface area contributed by atoms with E-state index in [9.17, 15) is 4.79 Å². The summed E-state index contributed by atoms with van der Waals surface area (Å²) in [7, 11) is 0. The van der Waals surface area contributed by atoms with Crippen LogP contribution in [0.2, 0.25) is 0 Å². The molecule has 0 aromatic heterocycles. The Morgan fingerprint density at radius 2 is 2.00 bits per heavy atom. The van der Waals surface area contributed by atoms with Crippen molar-refractivity contribution >= 4 is 5.91 Å². The predicted octanol–water partition coefficient (Wildman–Crippen LogP) is 1.73. The number of hydrogen-bond acceptors (Lipinski definition) is 2. The van der Waals surface area contributed by atoms with Gasteiger partial charge in [-0.3, -0.25) is 4.79 Å². The number of rotatable bonds is 5. The molecular formula is C15H22N2O. The Morgan fingerprint density at radius 3 is 2.56 bits per heavy atom. The molecule has 1 saturated heterocycles. The quantitative estimate of drug-likeness (QED) is 0.831. The van der Waals surface area contributed by atoms with Crippen molar-refractivity contribution in [3.05, 3.63) is 35.9 Å². The number of hydrogen-bond donors (Lipinski definition) is 2. The predicted molar refractivity (Wildman–Crippen MR) is 73.3 cm³/mol. The van der Waals surface area contributed by atoms with Crippen LogP contribution in [0.4, 0.5) is 0 Å². The van der Waals surface area contributed by atoms with E-state index in [4.69, 9.17) is 0 Å². The summed E-state index contributed by atoms with van der Waals surface area (Å²) in [6.45, 7) is 5.83. The van der Waals surface area contributed by atoms with E-state index in [2.05, 4.69) is 48.7 Å². The number of nitrogens with one attached hydrogen (secondary N) is 2. The van der Waals surface area contributed by atoms with Crippen molar-refractivity contribution in [1.82, 2.24) is 10.6 Å². The largest absolute Gasteiger partial charge is 0.351 e. The summed E-state index contributed by atoms with van der Waals surface area (Å²) in [6, 6.07) is 10.4. The van der Waals surface area contributed by atoms with Gasteiger partial charge in [-0.05, 0) is 32.3 Å². The van der Waals surface area contributed by atoms with Crippen LogP contribution in [0.25, 0.3) is 0 Å². The normalized spacial score (nSPS) is 16.1. The van der Waals surface area contributed by atoms with Gasteiger partial charge < -0.3 is 10.6 Å². The van der Waals surface area contributed by atoms with Crippen LogP contribution in [-0.2, 0) is 11.2 Å². The Kier molecular flexibility index (Phi) is 4.02. The van der Waals surface area contributed by atoms with E-state index in [1.807, 2.05) is 6.07 Å². The zero-order valence-corrected chi connectivity index (χ0v) is 11.2. The van der Waals surface area contributed by atoms with Gasteiger partial charge >= 0.3 is 0 Å². The highest BCUT2D eigenvalue weighted by atomic mass is 16.2. The lowest BCUT2D eigenvalue weighted by molar-refractivity contribution is -0.128. The van der Waals surface area contributed by atoms with Gasteiger partial charge in [0.1, 0.15) is 0 Å². The van der Waals surface area contributed by atoms with Crippen molar-refractivity contribution in [3.8, 4) is 0 Å². The number of carbonyl (C=O) groups excluding carboxylic acids is 1. The third-order valence-corrected chi connectivity index (χ3v) is 3.50. The van der Waals surface area contributed by atoms with Gasteiger partial charge in [-0.1, -0.05) is 30.3 Å². The van der Waals surface area contributed by atoms with Crippen molar-refractivity contribution in [3.63, 3.8) is 0 Å². The summed E-state index contributed by atoms with van der Waals surface area (Å²) in [5, 5.41) is 6.27. The lowest BCUT2D eigenvalue weighted by Gasteiger charge is -2.32. The molecule has 1 aromatic rings. The van der Waals surface area contributed by atoms with Crippen molar-refractivity contribution < 1.29 is 4.79 Å². The highest BCUT2D eigenvalue weighted by molar-refractivity contribution is 5.80. The molecule has 98 valence electrons. The van der Waals surface area contributed by atoms with Gasteiger partial charge in [-0.2, -0.15) is 0 Å². The molecule has 2 rings (SSSR count). The van der Waals surface area contributed by atoms with Crippen molar-refractivity contribution in [2.45, 2.75) is 32.2 Å². The number of carbonyl (C=O) groups is 1. The van der Waals surface area contributed by atoms with E-state index < -0.39 is 0 Å². The summed E-state index contributed by atoms with van der Waals surface area (Å²) in [5.41, 5.74) is 1.19. The van der Waals surface area contributed by atoms with E-state index in [1.165, 1.54) is 5.56 Å². The minimum atomic E-state index is -0.136. The second kappa shape index (κ2) is 5.53. The zero-order valence-electron chi connectivity index (χ0n) is 11.2. The lowest BCUT2D eigenvalue weighted by atomic mass is 9.93. The van der Waals surface area contributed by atoms with E-state index in [0.717, 1.165) is 25.9 Å². The molecule has 0 radical (unpaired) electrons. The van der Waals surface area contributed by atoms with E-state index in [-0.39, 0.29) is 17.4 Å². The molecule has 0 aliphatic carbocycles. The Morgan fingerprint density at radius 1 is 1.33 bits per heavy atom. The summed E-state index contributed by atoms with van der Waals surface area (Å²) in [5.74, 6) is 0.354. The lowest BCUT2D eigenvalue weighted by Crippen LogP contribution is -2.55. The van der Waals surface area contributed by atoms with Crippen LogP contribution in [0.15, 0.2) is 30.3 Å². The van der Waals surface area contributed by atoms with E-state index >= 15 is 0 Å². The molecule has 0 unspecified atom stereocenters. The Hall–Kier alpha value is -1.35. The maximum absolute atomic E-state index is 11.9. The van der Waals surface area contributed by atoms with Gasteiger partial charge in [0.25, 0.3) is 0 Å². The van der Waals surface area contributed by atoms with Crippen LogP contribution in [0.3, 0.4) is 0 Å². The van der Waals surface area contributed by atoms with Crippen LogP contribution >= 0.6 is 0 Å². The Bertz CT molecular complexity index is 396. The molecule has 1 aliphatic heterocycles. The molecule has 1 aliphatic rings. The van der Waals surface area contributed by atoms with Crippen LogP contribution < -0.4 is 10.6 Å². The molecule has 0 atom stereocenters. The minimum Gasteiger partial charge on any atom is -0.351 e. The van der Waals surface area contributed by atoms with Gasteiger partial charge in [-0.15, -0.1) is 0 Å². The minimum absolute atomic E-state index is 0.136. The number of aryl methyl sites for hydroxylation is 1. The second-order valence-corrected chi connectivity index (χ2v) is 5.71. The average Bonchev–Trinajstić information content (AvgIpc) is 2.25. The van der Waals surface area contributed by atoms with E-state index in [0.29, 0.717) is 0 Å². The second-order valence-electron chi connectivity index (χ2n) is 5.71. The fourth-order valence-corrected chi connectivity index (χ4v) is 2.07. The maximum Gasteiger partial charge on any atom is 0.226 e. The topological polar surface area (TPSA) is 41.1 Å². The van der Waals surface area contributed by atoms with Crippen LogP contribution in [0.1, 0.15) is 25.8 Å². The van der Waals surface area contributed by atoms with Crippen molar-refractivity contribution in [1.29, 1.82) is 0 Å². The Labute approximate surface area is 109 Å². The van der Waals surface area contributed by atoms with Crippen molar-refractivity contribution in [2.24, 2.45) is 5.92 Å². The molecule has 1 aromatic carbocycles. The first kappa shape index (κ1) is 13.1. The molecule has 3 nitrogen and oxygen atoms in total. The molecule has 3 heteroatoms. The Balaban J connectivity index is 1.81. The van der Waals surface area contributed by atoms with Crippen LogP contribution in [0, 0.1) is 5.92 Å². The van der Waals surface area contributed by atoms with Gasteiger partial charge in [-0.25, -0.2) is 0 Å². The average molecular weight is 246 g/mol. The summed E-state index contributed by atoms with van der Waals surface area (Å²) < 4.78 is 0. The SMILES string of the molecule is CC(C)(CCc1ccccc1)NC(=O)C1CNC1. The molecule has 0 saturated carbocycles.